The number of ether oxygens (including phenoxy) is 1. The number of hydrogen-bond acceptors (Lipinski definition) is 6. The maximum absolute atomic E-state index is 13.5. The van der Waals surface area contributed by atoms with Crippen LogP contribution in [0, 0.1) is 12.8 Å². The molecule has 35 heavy (non-hydrogen) atoms. The van der Waals surface area contributed by atoms with Gasteiger partial charge in [0.1, 0.15) is 5.75 Å². The number of sulfonamides is 1. The van der Waals surface area contributed by atoms with E-state index in [-0.39, 0.29) is 27.6 Å². The van der Waals surface area contributed by atoms with Crippen molar-refractivity contribution in [2.75, 3.05) is 33.8 Å². The summed E-state index contributed by atoms with van der Waals surface area (Å²) in [6.07, 6.45) is 2.83. The number of aryl methyl sites for hydroxylation is 1. The SMILES string of the molecule is Cc1cc(-c2cc(S(=O)(=O)N3CCC(N(C)C)C3)ccc2OCC2CC2)c(C(=O)O)cc1C(=O)O. The highest BCUT2D eigenvalue weighted by Gasteiger charge is 2.34. The van der Waals surface area contributed by atoms with Gasteiger partial charge in [-0.2, -0.15) is 4.31 Å². The van der Waals surface area contributed by atoms with E-state index < -0.39 is 22.0 Å². The molecule has 0 aromatic heterocycles. The first-order chi connectivity index (χ1) is 16.5. The van der Waals surface area contributed by atoms with Gasteiger partial charge in [-0.1, -0.05) is 0 Å². The minimum Gasteiger partial charge on any atom is -0.493 e. The molecule has 188 valence electrons. The summed E-state index contributed by atoms with van der Waals surface area (Å²) in [7, 11) is 0.00961. The Labute approximate surface area is 205 Å². The van der Waals surface area contributed by atoms with E-state index in [9.17, 15) is 28.2 Å². The highest BCUT2D eigenvalue weighted by molar-refractivity contribution is 7.89. The van der Waals surface area contributed by atoms with Crippen molar-refractivity contribution in [3.63, 3.8) is 0 Å². The molecule has 10 heteroatoms. The number of hydrogen-bond donors (Lipinski definition) is 2. The zero-order chi connectivity index (χ0) is 25.5. The number of benzene rings is 2. The number of rotatable bonds is 9. The average molecular weight is 503 g/mol. The van der Waals surface area contributed by atoms with Crippen LogP contribution in [-0.4, -0.2) is 79.6 Å². The van der Waals surface area contributed by atoms with Crippen molar-refractivity contribution >= 4 is 22.0 Å². The van der Waals surface area contributed by atoms with Gasteiger partial charge in [0.2, 0.25) is 10.0 Å². The van der Waals surface area contributed by atoms with Crippen LogP contribution in [-0.2, 0) is 10.0 Å². The predicted octanol–water partition coefficient (Wildman–Crippen LogP) is 3.17. The van der Waals surface area contributed by atoms with Crippen LogP contribution in [0.4, 0.5) is 0 Å². The molecule has 1 unspecified atom stereocenters. The van der Waals surface area contributed by atoms with E-state index in [1.807, 2.05) is 19.0 Å². The molecule has 2 fully saturated rings. The molecule has 4 rings (SSSR count). The molecule has 1 aliphatic carbocycles. The summed E-state index contributed by atoms with van der Waals surface area (Å²) in [6.45, 7) is 2.80. The molecule has 1 heterocycles. The van der Waals surface area contributed by atoms with Gasteiger partial charge in [-0.25, -0.2) is 18.0 Å². The summed E-state index contributed by atoms with van der Waals surface area (Å²) >= 11 is 0. The first kappa shape index (κ1) is 25.2. The number of aromatic carboxylic acids is 2. The third-order valence-corrected chi connectivity index (χ3v) is 8.59. The summed E-state index contributed by atoms with van der Waals surface area (Å²) in [4.78, 5) is 25.7. The molecule has 0 spiro atoms. The Morgan fingerprint density at radius 2 is 1.71 bits per heavy atom. The third-order valence-electron chi connectivity index (χ3n) is 6.73. The second kappa shape index (κ2) is 9.60. The summed E-state index contributed by atoms with van der Waals surface area (Å²) in [6, 6.07) is 7.21. The van der Waals surface area contributed by atoms with Crippen molar-refractivity contribution in [1.82, 2.24) is 9.21 Å². The fraction of sp³-hybridized carbons (Fsp3) is 0.440. The van der Waals surface area contributed by atoms with Crippen LogP contribution < -0.4 is 4.74 Å². The van der Waals surface area contributed by atoms with E-state index in [1.165, 1.54) is 22.5 Å². The van der Waals surface area contributed by atoms with E-state index in [1.54, 1.807) is 13.0 Å². The topological polar surface area (TPSA) is 124 Å². The molecule has 0 radical (unpaired) electrons. The van der Waals surface area contributed by atoms with Gasteiger partial charge in [0.05, 0.1) is 22.6 Å². The molecule has 1 atom stereocenters. The summed E-state index contributed by atoms with van der Waals surface area (Å²) in [5.74, 6) is -1.75. The summed E-state index contributed by atoms with van der Waals surface area (Å²) in [5.41, 5.74) is 0.546. The van der Waals surface area contributed by atoms with E-state index >= 15 is 0 Å². The number of carboxylic acid groups (broad SMARTS) is 2. The molecule has 1 saturated carbocycles. The van der Waals surface area contributed by atoms with Gasteiger partial charge in [0, 0.05) is 30.3 Å². The van der Waals surface area contributed by atoms with Crippen LogP contribution in [0.2, 0.25) is 0 Å². The zero-order valence-electron chi connectivity index (χ0n) is 20.0. The molecule has 1 saturated heterocycles. The molecule has 0 amide bonds. The number of likely N-dealkylation sites (N-methyl/N-ethyl adjacent to an activating group) is 1. The van der Waals surface area contributed by atoms with Gasteiger partial charge in [-0.15, -0.1) is 0 Å². The Balaban J connectivity index is 1.82. The molecule has 2 aromatic rings. The lowest BCUT2D eigenvalue weighted by Crippen LogP contribution is -2.34. The van der Waals surface area contributed by atoms with E-state index in [0.717, 1.165) is 25.3 Å². The van der Waals surface area contributed by atoms with Crippen molar-refractivity contribution in [1.29, 1.82) is 0 Å². The molecule has 9 nitrogen and oxygen atoms in total. The van der Waals surface area contributed by atoms with Crippen LogP contribution in [0.1, 0.15) is 45.5 Å². The first-order valence-corrected chi connectivity index (χ1v) is 13.0. The fourth-order valence-corrected chi connectivity index (χ4v) is 5.85. The van der Waals surface area contributed by atoms with Crippen molar-refractivity contribution in [3.05, 3.63) is 47.0 Å². The molecule has 2 aliphatic rings. The highest BCUT2D eigenvalue weighted by atomic mass is 32.2. The zero-order valence-corrected chi connectivity index (χ0v) is 20.8. The lowest BCUT2D eigenvalue weighted by Gasteiger charge is -2.21. The third kappa shape index (κ3) is 5.19. The second-order valence-corrected chi connectivity index (χ2v) is 11.4. The van der Waals surface area contributed by atoms with E-state index in [2.05, 4.69) is 0 Å². The van der Waals surface area contributed by atoms with Gasteiger partial charge in [-0.3, -0.25) is 0 Å². The van der Waals surface area contributed by atoms with Crippen LogP contribution in [0.3, 0.4) is 0 Å². The Morgan fingerprint density at radius 1 is 1.03 bits per heavy atom. The summed E-state index contributed by atoms with van der Waals surface area (Å²) in [5, 5.41) is 19.3. The van der Waals surface area contributed by atoms with Crippen molar-refractivity contribution in [2.24, 2.45) is 5.92 Å². The van der Waals surface area contributed by atoms with Crippen LogP contribution >= 0.6 is 0 Å². The van der Waals surface area contributed by atoms with Crippen molar-refractivity contribution < 1.29 is 33.0 Å². The fourth-order valence-electron chi connectivity index (χ4n) is 4.34. The molecular weight excluding hydrogens is 472 g/mol. The van der Waals surface area contributed by atoms with E-state index in [4.69, 9.17) is 4.74 Å². The number of nitrogens with zero attached hydrogens (tertiary/aromatic N) is 2. The van der Waals surface area contributed by atoms with Gasteiger partial charge in [0.25, 0.3) is 0 Å². The Bertz CT molecular complexity index is 1270. The Kier molecular flexibility index (Phi) is 6.90. The average Bonchev–Trinajstić information content (AvgIpc) is 3.48. The van der Waals surface area contributed by atoms with Gasteiger partial charge >= 0.3 is 11.9 Å². The number of carboxylic acids is 2. The minimum absolute atomic E-state index is 0.0435. The minimum atomic E-state index is -3.83. The van der Waals surface area contributed by atoms with Gasteiger partial charge in [-0.05, 0) is 82.1 Å². The molecule has 2 N–H and O–H groups in total. The Hall–Kier alpha value is -2.95. The maximum atomic E-state index is 13.5. The lowest BCUT2D eigenvalue weighted by molar-refractivity contribution is 0.0695. The highest BCUT2D eigenvalue weighted by Crippen LogP contribution is 2.39. The standard InChI is InChI=1S/C25H30N2O7S/c1-15-10-20(22(25(30)31)12-19(15)24(28)29)21-11-18(6-7-23(21)34-14-16-4-5-16)35(32,33)27-9-8-17(13-27)26(2)3/h6-7,10-12,16-17H,4-5,8-9,13-14H2,1-3H3,(H,28,29)(H,30,31). The van der Waals surface area contributed by atoms with Crippen molar-refractivity contribution in [3.8, 4) is 16.9 Å². The van der Waals surface area contributed by atoms with Crippen LogP contribution in [0.5, 0.6) is 5.75 Å². The monoisotopic (exact) mass is 502 g/mol. The predicted molar refractivity (Wildman–Crippen MR) is 130 cm³/mol. The molecular formula is C25H30N2O7S. The lowest BCUT2D eigenvalue weighted by atomic mass is 9.93. The van der Waals surface area contributed by atoms with Crippen LogP contribution in [0.25, 0.3) is 11.1 Å². The largest absolute Gasteiger partial charge is 0.493 e. The second-order valence-electron chi connectivity index (χ2n) is 9.50. The summed E-state index contributed by atoms with van der Waals surface area (Å²) < 4.78 is 34.4. The first-order valence-electron chi connectivity index (χ1n) is 11.5. The molecule has 1 aliphatic heterocycles. The Morgan fingerprint density at radius 3 is 2.29 bits per heavy atom. The maximum Gasteiger partial charge on any atom is 0.336 e. The van der Waals surface area contributed by atoms with Gasteiger partial charge < -0.3 is 19.8 Å². The number of carbonyl (C=O) groups is 2. The molecule has 2 aromatic carbocycles. The smallest absolute Gasteiger partial charge is 0.336 e. The quantitative estimate of drug-likeness (QED) is 0.536. The molecule has 0 bridgehead atoms. The van der Waals surface area contributed by atoms with E-state index in [0.29, 0.717) is 42.5 Å². The normalized spacial score (nSPS) is 18.7. The van der Waals surface area contributed by atoms with Gasteiger partial charge in [0.15, 0.2) is 0 Å². The van der Waals surface area contributed by atoms with Crippen LogP contribution in [0.15, 0.2) is 35.2 Å². The van der Waals surface area contributed by atoms with Crippen molar-refractivity contribution in [2.45, 2.75) is 37.1 Å².